The number of hydrogen-bond donors (Lipinski definition) is 0. The zero-order valence-electron chi connectivity index (χ0n) is 9.83. The summed E-state index contributed by atoms with van der Waals surface area (Å²) < 4.78 is 21.9. The molecule has 0 aliphatic rings. The van der Waals surface area contributed by atoms with Gasteiger partial charge in [-0.05, 0) is 6.42 Å². The summed E-state index contributed by atoms with van der Waals surface area (Å²) in [5, 5.41) is 0. The van der Waals surface area contributed by atoms with Gasteiger partial charge in [-0.25, -0.2) is 13.4 Å². The highest BCUT2D eigenvalue weighted by molar-refractivity contribution is 7.90. The maximum atomic E-state index is 11.8. The average molecular weight is 257 g/mol. The molecule has 0 aliphatic carbocycles. The van der Waals surface area contributed by atoms with E-state index in [1.54, 1.807) is 7.05 Å². The highest BCUT2D eigenvalue weighted by atomic mass is 32.2. The Labute approximate surface area is 101 Å². The molecule has 0 bridgehead atoms. The topological polar surface area (TPSA) is 80.2 Å². The molecule has 0 N–H and O–H groups in total. The molecule has 17 heavy (non-hydrogen) atoms. The van der Waals surface area contributed by atoms with E-state index >= 15 is 0 Å². The predicted molar refractivity (Wildman–Crippen MR) is 63.3 cm³/mol. The van der Waals surface area contributed by atoms with Gasteiger partial charge in [0.25, 0.3) is 5.91 Å². The fourth-order valence-electron chi connectivity index (χ4n) is 1.27. The van der Waals surface area contributed by atoms with Crippen LogP contribution >= 0.6 is 0 Å². The fraction of sp³-hybridized carbons (Fsp3) is 0.500. The maximum Gasteiger partial charge on any atom is 0.273 e. The van der Waals surface area contributed by atoms with E-state index in [-0.39, 0.29) is 17.4 Å². The van der Waals surface area contributed by atoms with E-state index in [0.29, 0.717) is 13.0 Å². The zero-order valence-corrected chi connectivity index (χ0v) is 10.6. The first kappa shape index (κ1) is 13.6. The van der Waals surface area contributed by atoms with E-state index in [1.807, 2.05) is 0 Å². The molecule has 0 saturated heterocycles. The highest BCUT2D eigenvalue weighted by Gasteiger charge is 2.13. The summed E-state index contributed by atoms with van der Waals surface area (Å²) in [6.45, 7) is 0.377. The molecular weight excluding hydrogens is 242 g/mol. The van der Waals surface area contributed by atoms with E-state index in [1.165, 1.54) is 29.7 Å². The minimum absolute atomic E-state index is 0.0745. The van der Waals surface area contributed by atoms with E-state index in [4.69, 9.17) is 0 Å². The molecule has 1 aromatic heterocycles. The summed E-state index contributed by atoms with van der Waals surface area (Å²) in [4.78, 5) is 20.9. The molecule has 0 radical (unpaired) electrons. The van der Waals surface area contributed by atoms with Gasteiger partial charge in [0.05, 0.1) is 11.9 Å². The van der Waals surface area contributed by atoms with Crippen molar-refractivity contribution in [2.24, 2.45) is 0 Å². The van der Waals surface area contributed by atoms with Crippen LogP contribution in [0.5, 0.6) is 0 Å². The molecule has 94 valence electrons. The van der Waals surface area contributed by atoms with Crippen LogP contribution in [0.15, 0.2) is 18.6 Å². The van der Waals surface area contributed by atoms with Gasteiger partial charge in [-0.1, -0.05) is 0 Å². The number of rotatable bonds is 5. The molecule has 0 fully saturated rings. The molecule has 0 atom stereocenters. The Morgan fingerprint density at radius 1 is 1.41 bits per heavy atom. The minimum atomic E-state index is -2.98. The third-order valence-electron chi connectivity index (χ3n) is 2.14. The first-order chi connectivity index (χ1) is 7.90. The highest BCUT2D eigenvalue weighted by Crippen LogP contribution is 1.99. The second-order valence-corrected chi connectivity index (χ2v) is 6.06. The summed E-state index contributed by atoms with van der Waals surface area (Å²) in [5.41, 5.74) is 0.259. The number of aromatic nitrogens is 2. The monoisotopic (exact) mass is 257 g/mol. The van der Waals surface area contributed by atoms with Gasteiger partial charge < -0.3 is 4.90 Å². The van der Waals surface area contributed by atoms with Crippen LogP contribution in [-0.2, 0) is 9.84 Å². The Bertz CT molecular complexity index is 473. The van der Waals surface area contributed by atoms with Gasteiger partial charge in [0.1, 0.15) is 15.5 Å². The molecule has 0 aliphatic heterocycles. The lowest BCUT2D eigenvalue weighted by atomic mass is 10.3. The average Bonchev–Trinajstić information content (AvgIpc) is 2.27. The number of hydrogen-bond acceptors (Lipinski definition) is 5. The first-order valence-electron chi connectivity index (χ1n) is 5.09. The van der Waals surface area contributed by atoms with E-state index < -0.39 is 9.84 Å². The summed E-state index contributed by atoms with van der Waals surface area (Å²) >= 11 is 0. The van der Waals surface area contributed by atoms with Crippen molar-refractivity contribution in [1.29, 1.82) is 0 Å². The van der Waals surface area contributed by atoms with Crippen LogP contribution in [0.2, 0.25) is 0 Å². The third kappa shape index (κ3) is 4.90. The van der Waals surface area contributed by atoms with E-state index in [2.05, 4.69) is 9.97 Å². The Morgan fingerprint density at radius 2 is 2.12 bits per heavy atom. The predicted octanol–water partition coefficient (Wildman–Crippen LogP) is -0.0167. The number of carbonyl (C=O) groups is 1. The molecule has 1 rings (SSSR count). The van der Waals surface area contributed by atoms with Crippen LogP contribution < -0.4 is 0 Å². The fourth-order valence-corrected chi connectivity index (χ4v) is 1.92. The van der Waals surface area contributed by atoms with Gasteiger partial charge in [0.2, 0.25) is 0 Å². The summed E-state index contributed by atoms with van der Waals surface area (Å²) in [6, 6.07) is 0. The summed E-state index contributed by atoms with van der Waals surface area (Å²) in [7, 11) is -1.37. The second kappa shape index (κ2) is 5.72. The molecule has 1 amide bonds. The number of carbonyl (C=O) groups excluding carboxylic acids is 1. The smallest absolute Gasteiger partial charge is 0.273 e. The molecule has 1 heterocycles. The van der Waals surface area contributed by atoms with Crippen molar-refractivity contribution in [3.05, 3.63) is 24.3 Å². The lowest BCUT2D eigenvalue weighted by molar-refractivity contribution is 0.0789. The molecule has 0 spiro atoms. The second-order valence-electron chi connectivity index (χ2n) is 3.80. The van der Waals surface area contributed by atoms with Crippen LogP contribution in [0.1, 0.15) is 16.9 Å². The number of sulfone groups is 1. The largest absolute Gasteiger partial charge is 0.340 e. The van der Waals surface area contributed by atoms with Gasteiger partial charge in [-0.2, -0.15) is 0 Å². The quantitative estimate of drug-likeness (QED) is 0.740. The van der Waals surface area contributed by atoms with Crippen molar-refractivity contribution >= 4 is 15.7 Å². The Kier molecular flexibility index (Phi) is 4.56. The molecule has 0 unspecified atom stereocenters. The Balaban J connectivity index is 2.49. The minimum Gasteiger partial charge on any atom is -0.340 e. The van der Waals surface area contributed by atoms with Gasteiger partial charge in [-0.15, -0.1) is 0 Å². The van der Waals surface area contributed by atoms with Gasteiger partial charge in [0, 0.05) is 32.2 Å². The summed E-state index contributed by atoms with van der Waals surface area (Å²) in [5.74, 6) is -0.183. The Morgan fingerprint density at radius 3 is 2.65 bits per heavy atom. The van der Waals surface area contributed by atoms with Crippen molar-refractivity contribution in [2.75, 3.05) is 25.6 Å². The van der Waals surface area contributed by atoms with E-state index in [0.717, 1.165) is 0 Å². The lowest BCUT2D eigenvalue weighted by Crippen LogP contribution is -2.29. The molecular formula is C10H15N3O3S. The van der Waals surface area contributed by atoms with E-state index in [9.17, 15) is 13.2 Å². The van der Waals surface area contributed by atoms with Crippen molar-refractivity contribution < 1.29 is 13.2 Å². The Hall–Kier alpha value is -1.50. The first-order valence-corrected chi connectivity index (χ1v) is 7.15. The molecule has 1 aromatic rings. The molecule has 0 aromatic carbocycles. The van der Waals surface area contributed by atoms with Crippen LogP contribution in [-0.4, -0.2) is 54.8 Å². The standard InChI is InChI=1S/C10H15N3O3S/c1-13(6-3-7-17(2,15)16)10(14)9-8-11-4-5-12-9/h4-5,8H,3,6-7H2,1-2H3. The van der Waals surface area contributed by atoms with Crippen molar-refractivity contribution in [2.45, 2.75) is 6.42 Å². The third-order valence-corrected chi connectivity index (χ3v) is 3.17. The van der Waals surface area contributed by atoms with Gasteiger partial charge >= 0.3 is 0 Å². The number of nitrogens with zero attached hydrogens (tertiary/aromatic N) is 3. The number of amides is 1. The van der Waals surface area contributed by atoms with Crippen molar-refractivity contribution in [1.82, 2.24) is 14.9 Å². The normalized spacial score (nSPS) is 11.2. The van der Waals surface area contributed by atoms with Crippen molar-refractivity contribution in [3.8, 4) is 0 Å². The molecule has 0 saturated carbocycles. The van der Waals surface area contributed by atoms with Gasteiger partial charge in [-0.3, -0.25) is 9.78 Å². The lowest BCUT2D eigenvalue weighted by Gasteiger charge is -2.15. The zero-order chi connectivity index (χ0) is 12.9. The van der Waals surface area contributed by atoms with Crippen LogP contribution in [0, 0.1) is 0 Å². The van der Waals surface area contributed by atoms with Crippen molar-refractivity contribution in [3.63, 3.8) is 0 Å². The SMILES string of the molecule is CN(CCCS(C)(=O)=O)C(=O)c1cnccn1. The van der Waals surface area contributed by atoms with Crippen LogP contribution in [0.3, 0.4) is 0 Å². The molecule has 6 nitrogen and oxygen atoms in total. The van der Waals surface area contributed by atoms with Gasteiger partial charge in [0.15, 0.2) is 0 Å². The van der Waals surface area contributed by atoms with Crippen LogP contribution in [0.4, 0.5) is 0 Å². The van der Waals surface area contributed by atoms with Crippen LogP contribution in [0.25, 0.3) is 0 Å². The molecule has 7 heteroatoms. The summed E-state index contributed by atoms with van der Waals surface area (Å²) in [6.07, 6.45) is 5.91. The maximum absolute atomic E-state index is 11.8.